The second-order valence-electron chi connectivity index (χ2n) is 13.3. The number of fused-ring (bicyclic) bond motifs is 5. The van der Waals surface area contributed by atoms with E-state index in [0.717, 1.165) is 29.9 Å². The summed E-state index contributed by atoms with van der Waals surface area (Å²) in [5.74, 6) is 4.35. The number of benzene rings is 1. The highest BCUT2D eigenvalue weighted by molar-refractivity contribution is 5.58. The van der Waals surface area contributed by atoms with E-state index >= 15 is 0 Å². The van der Waals surface area contributed by atoms with E-state index in [0.29, 0.717) is 29.6 Å². The van der Waals surface area contributed by atoms with Gasteiger partial charge in [0.25, 0.3) is 0 Å². The molecule has 2 unspecified atom stereocenters. The molecule has 1 aromatic rings. The molecule has 4 nitrogen and oxygen atoms in total. The molecule has 0 bridgehead atoms. The first kappa shape index (κ1) is 25.4. The first-order valence-electron chi connectivity index (χ1n) is 14.5. The van der Waals surface area contributed by atoms with E-state index in [9.17, 15) is 15.3 Å². The van der Waals surface area contributed by atoms with Gasteiger partial charge in [0.1, 0.15) is 11.9 Å². The first-order valence-corrected chi connectivity index (χ1v) is 14.5. The van der Waals surface area contributed by atoms with Gasteiger partial charge in [0, 0.05) is 7.05 Å². The van der Waals surface area contributed by atoms with Gasteiger partial charge in [-0.05, 0) is 103 Å². The Kier molecular flexibility index (Phi) is 6.70. The van der Waals surface area contributed by atoms with Crippen molar-refractivity contribution in [2.45, 2.75) is 104 Å². The number of phenols is 1. The molecule has 5 rings (SSSR count). The minimum Gasteiger partial charge on any atom is -0.506 e. The highest BCUT2D eigenvalue weighted by Gasteiger charge is 2.65. The molecule has 4 aliphatic carbocycles. The predicted octanol–water partition coefficient (Wildman–Crippen LogP) is 6.23. The zero-order valence-corrected chi connectivity index (χ0v) is 22.7. The Morgan fingerprint density at radius 1 is 1.03 bits per heavy atom. The van der Waals surface area contributed by atoms with Gasteiger partial charge in [-0.3, -0.25) is 0 Å². The zero-order valence-electron chi connectivity index (χ0n) is 22.7. The summed E-state index contributed by atoms with van der Waals surface area (Å²) in [6, 6.07) is 7.25. The minimum absolute atomic E-state index is 0.0902. The van der Waals surface area contributed by atoms with Crippen molar-refractivity contribution in [1.29, 1.82) is 0 Å². The molecule has 4 fully saturated rings. The molecular weight excluding hydrogens is 434 g/mol. The number of aromatic hydroxyl groups is 1. The van der Waals surface area contributed by atoms with Gasteiger partial charge in [0.05, 0.1) is 17.8 Å². The van der Waals surface area contributed by atoms with Crippen molar-refractivity contribution in [3.63, 3.8) is 0 Å². The molecule has 196 valence electrons. The maximum Gasteiger partial charge on any atom is 0.138 e. The standard InChI is InChI=1S/C31H49NO3/c1-6-9-19(2)22-14-15-23-21-13-12-20-18-27(34)28(35)29(32(5)25-10-7-8-11-26(25)33)31(20,4)24(21)16-17-30(22,23)3/h7-8,10-11,19-24,27-29,33-35H,6,9,12-18H2,1-5H3/t19?,20?,21-,22+,23-,24-,27+,28+,29-,30+,31-/m0/s1. The van der Waals surface area contributed by atoms with E-state index in [1.165, 1.54) is 44.9 Å². The molecule has 0 spiro atoms. The monoisotopic (exact) mass is 483 g/mol. The third kappa shape index (κ3) is 3.76. The molecule has 0 amide bonds. The van der Waals surface area contributed by atoms with Gasteiger partial charge in [0.2, 0.25) is 0 Å². The van der Waals surface area contributed by atoms with E-state index < -0.39 is 12.2 Å². The summed E-state index contributed by atoms with van der Waals surface area (Å²) >= 11 is 0. The third-order valence-electron chi connectivity index (χ3n) is 12.0. The average Bonchev–Trinajstić information content (AvgIpc) is 3.18. The number of anilines is 1. The molecule has 1 aromatic carbocycles. The lowest BCUT2D eigenvalue weighted by Gasteiger charge is -2.65. The lowest BCUT2D eigenvalue weighted by Crippen LogP contribution is -2.68. The number of likely N-dealkylation sites (N-methyl/N-ethyl adjacent to an activating group) is 1. The maximum absolute atomic E-state index is 11.5. The summed E-state index contributed by atoms with van der Waals surface area (Å²) in [4.78, 5) is 2.10. The second kappa shape index (κ2) is 9.24. The Balaban J connectivity index is 1.50. The Morgan fingerprint density at radius 2 is 1.77 bits per heavy atom. The van der Waals surface area contributed by atoms with Crippen molar-refractivity contribution in [1.82, 2.24) is 0 Å². The number of aliphatic hydroxyl groups excluding tert-OH is 2. The van der Waals surface area contributed by atoms with Crippen LogP contribution < -0.4 is 4.90 Å². The highest BCUT2D eigenvalue weighted by atomic mass is 16.3. The van der Waals surface area contributed by atoms with E-state index in [1.807, 2.05) is 25.2 Å². The van der Waals surface area contributed by atoms with E-state index in [1.54, 1.807) is 6.07 Å². The normalized spacial score (nSPS) is 45.8. The van der Waals surface area contributed by atoms with Crippen LogP contribution in [0, 0.1) is 46.3 Å². The van der Waals surface area contributed by atoms with Gasteiger partial charge in [-0.15, -0.1) is 0 Å². The predicted molar refractivity (Wildman–Crippen MR) is 142 cm³/mol. The Hall–Kier alpha value is -1.26. The van der Waals surface area contributed by atoms with Gasteiger partial charge in [0.15, 0.2) is 0 Å². The van der Waals surface area contributed by atoms with E-state index in [-0.39, 0.29) is 17.2 Å². The van der Waals surface area contributed by atoms with Crippen LogP contribution in [0.15, 0.2) is 24.3 Å². The molecule has 0 radical (unpaired) electrons. The van der Waals surface area contributed by atoms with Crippen LogP contribution >= 0.6 is 0 Å². The van der Waals surface area contributed by atoms with Crippen molar-refractivity contribution in [3.05, 3.63) is 24.3 Å². The van der Waals surface area contributed by atoms with Crippen LogP contribution in [0.4, 0.5) is 5.69 Å². The van der Waals surface area contributed by atoms with Gasteiger partial charge in [-0.1, -0.05) is 52.7 Å². The smallest absolute Gasteiger partial charge is 0.138 e. The third-order valence-corrected chi connectivity index (χ3v) is 12.0. The molecule has 4 saturated carbocycles. The number of phenolic OH excluding ortho intramolecular Hbond substituents is 1. The SMILES string of the molecule is CCCC(C)[C@H]1CC[C@H]2[C@@H]3CCC4C[C@@H](O)[C@@H](O)[C@H](N(C)c5ccccc5O)[C@]4(C)[C@H]3CC[C@]12C. The summed E-state index contributed by atoms with van der Waals surface area (Å²) < 4.78 is 0. The van der Waals surface area contributed by atoms with Crippen LogP contribution in [-0.2, 0) is 0 Å². The van der Waals surface area contributed by atoms with Crippen molar-refractivity contribution >= 4 is 5.69 Å². The number of aliphatic hydroxyl groups is 2. The molecule has 4 heteroatoms. The molecule has 0 saturated heterocycles. The molecular formula is C31H49NO3. The van der Waals surface area contributed by atoms with Crippen molar-refractivity contribution in [2.75, 3.05) is 11.9 Å². The van der Waals surface area contributed by atoms with Crippen LogP contribution in [0.2, 0.25) is 0 Å². The largest absolute Gasteiger partial charge is 0.506 e. The molecule has 0 aliphatic heterocycles. The Bertz CT molecular complexity index is 905. The summed E-state index contributed by atoms with van der Waals surface area (Å²) in [7, 11) is 2.01. The quantitative estimate of drug-likeness (QED) is 0.464. The summed E-state index contributed by atoms with van der Waals surface area (Å²) in [5, 5.41) is 33.1. The zero-order chi connectivity index (χ0) is 25.1. The molecule has 35 heavy (non-hydrogen) atoms. The Morgan fingerprint density at radius 3 is 2.49 bits per heavy atom. The first-order chi connectivity index (χ1) is 16.6. The van der Waals surface area contributed by atoms with Crippen LogP contribution in [0.3, 0.4) is 0 Å². The van der Waals surface area contributed by atoms with Crippen LogP contribution in [0.25, 0.3) is 0 Å². The summed E-state index contributed by atoms with van der Waals surface area (Å²) in [5.41, 5.74) is 1.11. The molecule has 3 N–H and O–H groups in total. The van der Waals surface area contributed by atoms with Gasteiger partial charge in [-0.2, -0.15) is 0 Å². The number of hydrogen-bond acceptors (Lipinski definition) is 4. The second-order valence-corrected chi connectivity index (χ2v) is 13.3. The summed E-state index contributed by atoms with van der Waals surface area (Å²) in [6.07, 6.45) is 9.50. The fourth-order valence-electron chi connectivity index (χ4n) is 10.5. The molecule has 4 aliphatic rings. The average molecular weight is 484 g/mol. The van der Waals surface area contributed by atoms with Crippen LogP contribution in [0.1, 0.15) is 85.5 Å². The molecule has 11 atom stereocenters. The minimum atomic E-state index is -0.811. The van der Waals surface area contributed by atoms with Crippen molar-refractivity contribution in [2.24, 2.45) is 46.3 Å². The number of hydrogen-bond donors (Lipinski definition) is 3. The van der Waals surface area contributed by atoms with Crippen LogP contribution in [0.5, 0.6) is 5.75 Å². The van der Waals surface area contributed by atoms with E-state index in [2.05, 4.69) is 32.6 Å². The highest BCUT2D eigenvalue weighted by Crippen LogP contribution is 2.69. The molecule has 0 aromatic heterocycles. The van der Waals surface area contributed by atoms with Gasteiger partial charge in [-0.25, -0.2) is 0 Å². The van der Waals surface area contributed by atoms with Crippen molar-refractivity contribution in [3.8, 4) is 5.75 Å². The fraction of sp³-hybridized carbons (Fsp3) is 0.806. The van der Waals surface area contributed by atoms with E-state index in [4.69, 9.17) is 0 Å². The van der Waals surface area contributed by atoms with Gasteiger partial charge >= 0.3 is 0 Å². The summed E-state index contributed by atoms with van der Waals surface area (Å²) in [6.45, 7) is 9.88. The lowest BCUT2D eigenvalue weighted by atomic mass is 9.42. The number of nitrogens with zero attached hydrogens (tertiary/aromatic N) is 1. The number of para-hydroxylation sites is 2. The Labute approximate surface area is 213 Å². The fourth-order valence-corrected chi connectivity index (χ4v) is 10.5. The topological polar surface area (TPSA) is 63.9 Å². The van der Waals surface area contributed by atoms with Crippen molar-refractivity contribution < 1.29 is 15.3 Å². The van der Waals surface area contributed by atoms with Crippen LogP contribution in [-0.4, -0.2) is 40.6 Å². The lowest BCUT2D eigenvalue weighted by molar-refractivity contribution is -0.172. The maximum atomic E-state index is 11.5. The number of rotatable bonds is 5. The molecule has 0 heterocycles. The van der Waals surface area contributed by atoms with Gasteiger partial charge < -0.3 is 20.2 Å².